The van der Waals surface area contributed by atoms with Gasteiger partial charge in [-0.25, -0.2) is 10.4 Å². The second-order valence-corrected chi connectivity index (χ2v) is 11.1. The summed E-state index contributed by atoms with van der Waals surface area (Å²) < 4.78 is 59.4. The molecule has 0 saturated heterocycles. The van der Waals surface area contributed by atoms with Gasteiger partial charge in [-0.1, -0.05) is 53.6 Å². The van der Waals surface area contributed by atoms with Gasteiger partial charge in [-0.15, -0.1) is 13.2 Å². The molecule has 0 bridgehead atoms. The number of aliphatic hydroxyl groups excluding tert-OH is 1. The molecule has 0 radical (unpaired) electrons. The minimum atomic E-state index is -4.82. The Morgan fingerprint density at radius 1 is 1.02 bits per heavy atom. The molecule has 0 saturated carbocycles. The lowest BCUT2D eigenvalue weighted by Gasteiger charge is -2.31. The largest absolute Gasteiger partial charge is 0.573 e. The Kier molecular flexibility index (Phi) is 11.4. The normalized spacial score (nSPS) is 16.8. The van der Waals surface area contributed by atoms with Crippen LogP contribution in [0.4, 0.5) is 18.9 Å². The summed E-state index contributed by atoms with van der Waals surface area (Å²) in [5.41, 5.74) is 15.6. The van der Waals surface area contributed by atoms with E-state index < -0.39 is 23.9 Å². The summed E-state index contributed by atoms with van der Waals surface area (Å²) in [6.07, 6.45) is -5.42. The number of ether oxygens (including phenoxy) is 4. The second kappa shape index (κ2) is 16.1. The standard InChI is InChI=1S/C35H33F3N6O6/c1-47-29-8-4-7-25(20-29)31-34(21-26-6-2-3-9-30(26)42-44-39,41-32(49-31)24-12-16-27(17-13-24)48-19-5-18-45)33(46)43-40-22-23-10-14-28(15-11-23)50-35(36,37)38/h2-4,6-17,20,31,40,45H,5,18-19,21-22H2,1H3,(H,43,46)/t31-,34-/m0/s1. The van der Waals surface area contributed by atoms with Crippen LogP contribution in [0.15, 0.2) is 107 Å². The Morgan fingerprint density at radius 2 is 1.76 bits per heavy atom. The number of aliphatic hydroxyl groups is 1. The van der Waals surface area contributed by atoms with Crippen LogP contribution >= 0.6 is 0 Å². The lowest BCUT2D eigenvalue weighted by atomic mass is 9.81. The van der Waals surface area contributed by atoms with E-state index >= 15 is 0 Å². The molecule has 1 amide bonds. The minimum Gasteiger partial charge on any atom is -0.497 e. The molecule has 0 spiro atoms. The molecule has 2 atom stereocenters. The van der Waals surface area contributed by atoms with Crippen LogP contribution in [0.5, 0.6) is 17.2 Å². The molecule has 0 aromatic heterocycles. The van der Waals surface area contributed by atoms with E-state index in [1.807, 2.05) is 0 Å². The fourth-order valence-corrected chi connectivity index (χ4v) is 5.33. The Balaban J connectivity index is 1.52. The third-order valence-corrected chi connectivity index (χ3v) is 7.68. The number of azide groups is 1. The average Bonchev–Trinajstić information content (AvgIpc) is 3.50. The fourth-order valence-electron chi connectivity index (χ4n) is 5.33. The zero-order valence-corrected chi connectivity index (χ0v) is 26.8. The van der Waals surface area contributed by atoms with Gasteiger partial charge in [0.2, 0.25) is 5.90 Å². The van der Waals surface area contributed by atoms with Crippen molar-refractivity contribution in [1.29, 1.82) is 0 Å². The van der Waals surface area contributed by atoms with Crippen LogP contribution in [0.3, 0.4) is 0 Å². The van der Waals surface area contributed by atoms with Crippen molar-refractivity contribution in [1.82, 2.24) is 10.9 Å². The van der Waals surface area contributed by atoms with Gasteiger partial charge in [0.15, 0.2) is 11.6 Å². The Labute approximate surface area is 285 Å². The van der Waals surface area contributed by atoms with Gasteiger partial charge in [0.1, 0.15) is 17.2 Å². The first kappa shape index (κ1) is 35.5. The molecule has 50 heavy (non-hydrogen) atoms. The molecule has 0 unspecified atom stereocenters. The van der Waals surface area contributed by atoms with Crippen LogP contribution in [0.1, 0.15) is 34.8 Å². The van der Waals surface area contributed by atoms with Gasteiger partial charge in [-0.3, -0.25) is 10.2 Å². The van der Waals surface area contributed by atoms with Crippen molar-refractivity contribution >= 4 is 17.5 Å². The van der Waals surface area contributed by atoms with Gasteiger partial charge >= 0.3 is 6.36 Å². The lowest BCUT2D eigenvalue weighted by Crippen LogP contribution is -2.53. The number of nitrogens with one attached hydrogen (secondary N) is 2. The van der Waals surface area contributed by atoms with Crippen LogP contribution in [-0.2, 0) is 22.5 Å². The van der Waals surface area contributed by atoms with Crippen LogP contribution in [0.2, 0.25) is 0 Å². The molecule has 4 aromatic carbocycles. The quantitative estimate of drug-likeness (QED) is 0.0416. The lowest BCUT2D eigenvalue weighted by molar-refractivity contribution is -0.274. The second-order valence-electron chi connectivity index (χ2n) is 11.1. The van der Waals surface area contributed by atoms with Crippen molar-refractivity contribution in [2.45, 2.75) is 37.4 Å². The van der Waals surface area contributed by atoms with E-state index in [0.717, 1.165) is 0 Å². The van der Waals surface area contributed by atoms with Gasteiger partial charge < -0.3 is 24.1 Å². The molecular formula is C35H33F3N6O6. The zero-order chi connectivity index (χ0) is 35.6. The maximum Gasteiger partial charge on any atom is 0.573 e. The summed E-state index contributed by atoms with van der Waals surface area (Å²) in [4.78, 5) is 22.4. The number of hydrogen-bond donors (Lipinski definition) is 3. The van der Waals surface area contributed by atoms with E-state index in [0.29, 0.717) is 52.5 Å². The van der Waals surface area contributed by atoms with Crippen LogP contribution < -0.4 is 25.1 Å². The number of methoxy groups -OCH3 is 1. The summed E-state index contributed by atoms with van der Waals surface area (Å²) in [6.45, 7) is 0.374. The van der Waals surface area contributed by atoms with E-state index in [-0.39, 0.29) is 31.2 Å². The van der Waals surface area contributed by atoms with Crippen molar-refractivity contribution in [2.24, 2.45) is 10.1 Å². The number of rotatable bonds is 15. The molecule has 1 aliphatic rings. The molecule has 1 heterocycles. The number of hydrogen-bond acceptors (Lipinski definition) is 9. The molecule has 0 fully saturated rings. The van der Waals surface area contributed by atoms with E-state index in [4.69, 9.17) is 24.3 Å². The number of alkyl halides is 3. The molecule has 260 valence electrons. The highest BCUT2D eigenvalue weighted by molar-refractivity contribution is 6.01. The molecule has 15 heteroatoms. The summed E-state index contributed by atoms with van der Waals surface area (Å²) in [5.74, 6) is 0.274. The van der Waals surface area contributed by atoms with Gasteiger partial charge in [-0.2, -0.15) is 0 Å². The number of carbonyl (C=O) groups is 1. The first-order chi connectivity index (χ1) is 24.1. The molecule has 1 aliphatic heterocycles. The van der Waals surface area contributed by atoms with Gasteiger partial charge in [-0.05, 0) is 70.8 Å². The number of halogens is 3. The van der Waals surface area contributed by atoms with E-state index in [2.05, 4.69) is 25.6 Å². The van der Waals surface area contributed by atoms with Crippen LogP contribution in [0.25, 0.3) is 10.4 Å². The first-order valence-corrected chi connectivity index (χ1v) is 15.4. The number of carbonyl (C=O) groups excluding carboxylic acids is 1. The van der Waals surface area contributed by atoms with Crippen molar-refractivity contribution in [2.75, 3.05) is 20.3 Å². The number of aliphatic imine (C=N–C) groups is 1. The smallest absolute Gasteiger partial charge is 0.497 e. The minimum absolute atomic E-state index is 0.000596. The Morgan fingerprint density at radius 3 is 2.46 bits per heavy atom. The summed E-state index contributed by atoms with van der Waals surface area (Å²) in [6, 6.07) is 26.0. The van der Waals surface area contributed by atoms with Crippen molar-refractivity contribution in [3.05, 3.63) is 130 Å². The van der Waals surface area contributed by atoms with Crippen LogP contribution in [-0.4, -0.2) is 49.1 Å². The highest BCUT2D eigenvalue weighted by atomic mass is 19.4. The summed E-state index contributed by atoms with van der Waals surface area (Å²) in [5, 5.41) is 12.9. The maximum absolute atomic E-state index is 14.5. The SMILES string of the molecule is COc1cccc([C@@H]2OC(c3ccc(OCCCO)cc3)=N[C@]2(Cc2ccccc2N=[N+]=[N-])C(=O)NNCc2ccc(OC(F)(F)F)cc2)c1. The van der Waals surface area contributed by atoms with E-state index in [1.165, 1.54) is 31.4 Å². The number of benzene rings is 4. The average molecular weight is 691 g/mol. The van der Waals surface area contributed by atoms with Crippen molar-refractivity contribution in [3.8, 4) is 17.2 Å². The highest BCUT2D eigenvalue weighted by Crippen LogP contribution is 2.44. The number of nitrogens with zero attached hydrogens (tertiary/aromatic N) is 4. The Bertz CT molecular complexity index is 1850. The highest BCUT2D eigenvalue weighted by Gasteiger charge is 2.53. The van der Waals surface area contributed by atoms with E-state index in [1.54, 1.807) is 72.8 Å². The van der Waals surface area contributed by atoms with E-state index in [9.17, 15) is 23.5 Å². The molecule has 3 N–H and O–H groups in total. The van der Waals surface area contributed by atoms with Crippen molar-refractivity contribution < 1.29 is 42.0 Å². The third-order valence-electron chi connectivity index (χ3n) is 7.68. The molecule has 12 nitrogen and oxygen atoms in total. The Hall–Kier alpha value is -5.76. The summed E-state index contributed by atoms with van der Waals surface area (Å²) in [7, 11) is 1.52. The fraction of sp³-hybridized carbons (Fsp3) is 0.257. The topological polar surface area (TPSA) is 159 Å². The van der Waals surface area contributed by atoms with Crippen molar-refractivity contribution in [3.63, 3.8) is 0 Å². The van der Waals surface area contributed by atoms with Gasteiger partial charge in [0.05, 0.1) is 13.7 Å². The number of hydrazine groups is 1. The van der Waals surface area contributed by atoms with Gasteiger partial charge in [0, 0.05) is 42.2 Å². The predicted octanol–water partition coefficient (Wildman–Crippen LogP) is 6.62. The molecular weight excluding hydrogens is 657 g/mol. The third kappa shape index (κ3) is 8.82. The monoisotopic (exact) mass is 690 g/mol. The number of amides is 1. The zero-order valence-electron chi connectivity index (χ0n) is 26.8. The molecule has 4 aromatic rings. The maximum atomic E-state index is 14.5. The first-order valence-electron chi connectivity index (χ1n) is 15.4. The van der Waals surface area contributed by atoms with Crippen LogP contribution in [0, 0.1) is 0 Å². The molecule has 0 aliphatic carbocycles. The molecule has 5 rings (SSSR count). The summed E-state index contributed by atoms with van der Waals surface area (Å²) >= 11 is 0. The van der Waals surface area contributed by atoms with Gasteiger partial charge in [0.25, 0.3) is 5.91 Å². The predicted molar refractivity (Wildman–Crippen MR) is 177 cm³/mol.